The Bertz CT molecular complexity index is 426. The Morgan fingerprint density at radius 3 is 2.86 bits per heavy atom. The lowest BCUT2D eigenvalue weighted by Gasteiger charge is -2.06. The van der Waals surface area contributed by atoms with E-state index >= 15 is 0 Å². The quantitative estimate of drug-likeness (QED) is 0.792. The molecule has 0 radical (unpaired) electrons. The predicted octanol–water partition coefficient (Wildman–Crippen LogP) is 3.45. The molecule has 1 N–H and O–H groups in total. The second kappa shape index (κ2) is 4.07. The zero-order chi connectivity index (χ0) is 9.97. The number of aromatic nitrogens is 2. The van der Waals surface area contributed by atoms with Crippen molar-refractivity contribution >= 4 is 23.4 Å². The minimum atomic E-state index is 0.782. The van der Waals surface area contributed by atoms with E-state index in [1.54, 1.807) is 18.0 Å². The Labute approximate surface area is 91.7 Å². The molecule has 2 rings (SSSR count). The van der Waals surface area contributed by atoms with E-state index in [4.69, 9.17) is 11.6 Å². The van der Waals surface area contributed by atoms with E-state index < -0.39 is 0 Å². The molecule has 0 aliphatic carbocycles. The second-order valence-corrected chi connectivity index (χ2v) is 4.01. The maximum absolute atomic E-state index is 6.09. The molecule has 72 valence electrons. The van der Waals surface area contributed by atoms with Crippen LogP contribution in [0, 0.1) is 0 Å². The molecule has 0 saturated heterocycles. The van der Waals surface area contributed by atoms with Crippen LogP contribution in [0.1, 0.15) is 0 Å². The normalized spacial score (nSPS) is 10.4. The lowest BCUT2D eigenvalue weighted by atomic mass is 10.1. The number of thioether (sulfide) groups is 1. The third-order valence-electron chi connectivity index (χ3n) is 1.96. The summed E-state index contributed by atoms with van der Waals surface area (Å²) in [7, 11) is 0. The van der Waals surface area contributed by atoms with E-state index in [1.165, 1.54) is 0 Å². The second-order valence-electron chi connectivity index (χ2n) is 2.79. The standard InChI is InChI=1S/C10H9ClN2S/c1-14-10-7(3-2-4-8(10)11)9-5-6-12-13-9/h2-6H,1H3,(H,12,13). The highest BCUT2D eigenvalue weighted by Gasteiger charge is 2.08. The Morgan fingerprint density at radius 1 is 1.36 bits per heavy atom. The molecule has 0 aliphatic heterocycles. The van der Waals surface area contributed by atoms with E-state index in [2.05, 4.69) is 10.2 Å². The van der Waals surface area contributed by atoms with E-state index in [9.17, 15) is 0 Å². The first-order chi connectivity index (χ1) is 6.83. The van der Waals surface area contributed by atoms with Gasteiger partial charge in [-0.05, 0) is 18.4 Å². The molecule has 0 aliphatic rings. The molecule has 1 aromatic carbocycles. The van der Waals surface area contributed by atoms with E-state index in [0.29, 0.717) is 0 Å². The molecule has 4 heteroatoms. The first kappa shape index (κ1) is 9.62. The predicted molar refractivity (Wildman–Crippen MR) is 60.8 cm³/mol. The van der Waals surface area contributed by atoms with Gasteiger partial charge in [-0.1, -0.05) is 23.7 Å². The highest BCUT2D eigenvalue weighted by atomic mass is 35.5. The summed E-state index contributed by atoms with van der Waals surface area (Å²) in [6.07, 6.45) is 3.75. The van der Waals surface area contributed by atoms with Crippen molar-refractivity contribution in [2.75, 3.05) is 6.26 Å². The monoisotopic (exact) mass is 224 g/mol. The van der Waals surface area contributed by atoms with Gasteiger partial charge in [-0.15, -0.1) is 11.8 Å². The lowest BCUT2D eigenvalue weighted by Crippen LogP contribution is -1.83. The van der Waals surface area contributed by atoms with Crippen molar-refractivity contribution in [1.82, 2.24) is 10.2 Å². The molecule has 2 nitrogen and oxygen atoms in total. The van der Waals surface area contributed by atoms with Crippen LogP contribution < -0.4 is 0 Å². The molecule has 0 bridgehead atoms. The van der Waals surface area contributed by atoms with Gasteiger partial charge in [-0.3, -0.25) is 5.10 Å². The van der Waals surface area contributed by atoms with Crippen molar-refractivity contribution in [2.45, 2.75) is 4.90 Å². The van der Waals surface area contributed by atoms with Crippen LogP contribution in [0.15, 0.2) is 35.4 Å². The average Bonchev–Trinajstić information content (AvgIpc) is 2.70. The topological polar surface area (TPSA) is 28.7 Å². The maximum Gasteiger partial charge on any atom is 0.0661 e. The molecule has 0 fully saturated rings. The summed E-state index contributed by atoms with van der Waals surface area (Å²) in [5, 5.41) is 7.64. The van der Waals surface area contributed by atoms with Gasteiger partial charge in [0.15, 0.2) is 0 Å². The summed E-state index contributed by atoms with van der Waals surface area (Å²) in [5.74, 6) is 0. The fourth-order valence-electron chi connectivity index (χ4n) is 1.33. The number of hydrogen-bond donors (Lipinski definition) is 1. The number of benzene rings is 1. The first-order valence-electron chi connectivity index (χ1n) is 4.15. The number of nitrogens with zero attached hydrogens (tertiary/aromatic N) is 1. The van der Waals surface area contributed by atoms with Crippen LogP contribution in [0.5, 0.6) is 0 Å². The van der Waals surface area contributed by atoms with Crippen LogP contribution in [-0.4, -0.2) is 16.5 Å². The number of rotatable bonds is 2. The Morgan fingerprint density at radius 2 is 2.21 bits per heavy atom. The van der Waals surface area contributed by atoms with Gasteiger partial charge >= 0.3 is 0 Å². The number of halogens is 1. The summed E-state index contributed by atoms with van der Waals surface area (Å²) in [6.45, 7) is 0. The Hall–Kier alpha value is -0.930. The molecule has 1 heterocycles. The van der Waals surface area contributed by atoms with Gasteiger partial charge in [0.1, 0.15) is 0 Å². The largest absolute Gasteiger partial charge is 0.278 e. The molecule has 1 aromatic heterocycles. The molecule has 2 aromatic rings. The SMILES string of the molecule is CSc1c(Cl)cccc1-c1ccn[nH]1. The minimum absolute atomic E-state index is 0.782. The molecular weight excluding hydrogens is 216 g/mol. The van der Waals surface area contributed by atoms with Crippen LogP contribution >= 0.6 is 23.4 Å². The summed E-state index contributed by atoms with van der Waals surface area (Å²) in [6, 6.07) is 7.81. The molecule has 0 amide bonds. The highest BCUT2D eigenvalue weighted by Crippen LogP contribution is 2.34. The third-order valence-corrected chi connectivity index (χ3v) is 3.24. The fraction of sp³-hybridized carbons (Fsp3) is 0.100. The number of aromatic amines is 1. The summed E-state index contributed by atoms with van der Waals surface area (Å²) in [5.41, 5.74) is 2.10. The summed E-state index contributed by atoms with van der Waals surface area (Å²) in [4.78, 5) is 1.08. The highest BCUT2D eigenvalue weighted by molar-refractivity contribution is 7.98. The molecule has 0 atom stereocenters. The summed E-state index contributed by atoms with van der Waals surface area (Å²) >= 11 is 7.73. The lowest BCUT2D eigenvalue weighted by molar-refractivity contribution is 1.09. The Kier molecular flexibility index (Phi) is 2.79. The van der Waals surface area contributed by atoms with Crippen molar-refractivity contribution in [3.63, 3.8) is 0 Å². The van der Waals surface area contributed by atoms with Gasteiger partial charge in [0.25, 0.3) is 0 Å². The third kappa shape index (κ3) is 1.65. The van der Waals surface area contributed by atoms with Crippen LogP contribution in [0.25, 0.3) is 11.3 Å². The van der Waals surface area contributed by atoms with E-state index in [-0.39, 0.29) is 0 Å². The van der Waals surface area contributed by atoms with Gasteiger partial charge in [0.05, 0.1) is 10.7 Å². The van der Waals surface area contributed by atoms with Gasteiger partial charge in [0, 0.05) is 16.7 Å². The van der Waals surface area contributed by atoms with Gasteiger partial charge < -0.3 is 0 Å². The van der Waals surface area contributed by atoms with Crippen LogP contribution in [0.3, 0.4) is 0 Å². The van der Waals surface area contributed by atoms with Crippen molar-refractivity contribution < 1.29 is 0 Å². The van der Waals surface area contributed by atoms with Crippen LogP contribution in [0.2, 0.25) is 5.02 Å². The van der Waals surface area contributed by atoms with Gasteiger partial charge in [-0.2, -0.15) is 5.10 Å². The van der Waals surface area contributed by atoms with Crippen molar-refractivity contribution in [2.24, 2.45) is 0 Å². The zero-order valence-electron chi connectivity index (χ0n) is 7.62. The van der Waals surface area contributed by atoms with E-state index in [0.717, 1.165) is 21.2 Å². The first-order valence-corrected chi connectivity index (χ1v) is 5.75. The molecular formula is C10H9ClN2S. The maximum atomic E-state index is 6.09. The average molecular weight is 225 g/mol. The molecule has 0 saturated carbocycles. The smallest absolute Gasteiger partial charge is 0.0661 e. The Balaban J connectivity index is 2.58. The van der Waals surface area contributed by atoms with Crippen molar-refractivity contribution in [3.05, 3.63) is 35.5 Å². The van der Waals surface area contributed by atoms with Gasteiger partial charge in [-0.25, -0.2) is 0 Å². The zero-order valence-corrected chi connectivity index (χ0v) is 9.19. The van der Waals surface area contributed by atoms with Crippen molar-refractivity contribution in [3.8, 4) is 11.3 Å². The number of nitrogens with one attached hydrogen (secondary N) is 1. The van der Waals surface area contributed by atoms with Gasteiger partial charge in [0.2, 0.25) is 0 Å². The fourth-order valence-corrected chi connectivity index (χ4v) is 2.40. The van der Waals surface area contributed by atoms with Crippen LogP contribution in [0.4, 0.5) is 0 Å². The number of hydrogen-bond acceptors (Lipinski definition) is 2. The number of H-pyrrole nitrogens is 1. The van der Waals surface area contributed by atoms with Crippen LogP contribution in [-0.2, 0) is 0 Å². The molecule has 0 spiro atoms. The molecule has 0 unspecified atom stereocenters. The minimum Gasteiger partial charge on any atom is -0.278 e. The summed E-state index contributed by atoms with van der Waals surface area (Å²) < 4.78 is 0. The van der Waals surface area contributed by atoms with Crippen molar-refractivity contribution in [1.29, 1.82) is 0 Å². The van der Waals surface area contributed by atoms with E-state index in [1.807, 2.05) is 30.5 Å². The molecule has 14 heavy (non-hydrogen) atoms.